The topological polar surface area (TPSA) is 12.0 Å². The van der Waals surface area contributed by atoms with E-state index in [0.717, 1.165) is 13.1 Å². The normalized spacial score (nSPS) is 10.6. The van der Waals surface area contributed by atoms with Crippen molar-refractivity contribution in [1.82, 2.24) is 5.32 Å². The first-order valence-electron chi connectivity index (χ1n) is 5.24. The number of benzene rings is 1. The zero-order chi connectivity index (χ0) is 11.4. The number of aryl methyl sites for hydroxylation is 1. The third-order valence-electron chi connectivity index (χ3n) is 2.34. The summed E-state index contributed by atoms with van der Waals surface area (Å²) in [5.74, 6) is 0. The molecule has 1 aromatic heterocycles. The standard InChI is InChI=1S/C13H14INS/c1-10-2-7-13(16-10)9-15-8-11-3-5-12(14)6-4-11/h2-7,15H,8-9H2,1H3. The first-order chi connectivity index (χ1) is 7.74. The zero-order valence-electron chi connectivity index (χ0n) is 9.16. The maximum Gasteiger partial charge on any atom is 0.0303 e. The lowest BCUT2D eigenvalue weighted by molar-refractivity contribution is 0.701. The van der Waals surface area contributed by atoms with Gasteiger partial charge in [0.15, 0.2) is 0 Å². The Balaban J connectivity index is 1.82. The van der Waals surface area contributed by atoms with Crippen LogP contribution in [0.1, 0.15) is 15.3 Å². The fraction of sp³-hybridized carbons (Fsp3) is 0.231. The second kappa shape index (κ2) is 5.80. The number of halogens is 1. The lowest BCUT2D eigenvalue weighted by Gasteiger charge is -2.03. The molecule has 84 valence electrons. The van der Waals surface area contributed by atoms with Crippen LogP contribution >= 0.6 is 33.9 Å². The number of nitrogens with one attached hydrogen (secondary N) is 1. The Labute approximate surface area is 114 Å². The van der Waals surface area contributed by atoms with Crippen LogP contribution in [0.15, 0.2) is 36.4 Å². The summed E-state index contributed by atoms with van der Waals surface area (Å²) in [6.45, 7) is 4.05. The van der Waals surface area contributed by atoms with Crippen molar-refractivity contribution in [2.45, 2.75) is 20.0 Å². The molecule has 0 unspecified atom stereocenters. The van der Waals surface area contributed by atoms with Crippen molar-refractivity contribution in [3.05, 3.63) is 55.3 Å². The van der Waals surface area contributed by atoms with E-state index in [-0.39, 0.29) is 0 Å². The summed E-state index contributed by atoms with van der Waals surface area (Å²) in [4.78, 5) is 2.79. The molecule has 16 heavy (non-hydrogen) atoms. The molecule has 1 N–H and O–H groups in total. The largest absolute Gasteiger partial charge is 0.308 e. The van der Waals surface area contributed by atoms with Crippen LogP contribution in [0.4, 0.5) is 0 Å². The van der Waals surface area contributed by atoms with Gasteiger partial charge in [-0.1, -0.05) is 12.1 Å². The van der Waals surface area contributed by atoms with E-state index in [1.807, 2.05) is 11.3 Å². The monoisotopic (exact) mass is 343 g/mol. The van der Waals surface area contributed by atoms with Crippen molar-refractivity contribution in [2.75, 3.05) is 0 Å². The van der Waals surface area contributed by atoms with E-state index in [9.17, 15) is 0 Å². The summed E-state index contributed by atoms with van der Waals surface area (Å²) in [7, 11) is 0. The Hall–Kier alpha value is -0.390. The van der Waals surface area contributed by atoms with Gasteiger partial charge in [0.2, 0.25) is 0 Å². The molecule has 1 aromatic carbocycles. The highest BCUT2D eigenvalue weighted by Crippen LogP contribution is 2.14. The van der Waals surface area contributed by atoms with Gasteiger partial charge in [-0.15, -0.1) is 11.3 Å². The summed E-state index contributed by atoms with van der Waals surface area (Å²) in [5, 5.41) is 3.46. The highest BCUT2D eigenvalue weighted by Gasteiger charge is 1.97. The van der Waals surface area contributed by atoms with Crippen LogP contribution in [0.5, 0.6) is 0 Å². The van der Waals surface area contributed by atoms with E-state index in [2.05, 4.69) is 71.2 Å². The molecule has 0 saturated carbocycles. The molecule has 1 nitrogen and oxygen atoms in total. The molecule has 0 bridgehead atoms. The van der Waals surface area contributed by atoms with Gasteiger partial charge >= 0.3 is 0 Å². The van der Waals surface area contributed by atoms with E-state index in [1.165, 1.54) is 18.9 Å². The number of hydrogen-bond donors (Lipinski definition) is 1. The van der Waals surface area contributed by atoms with Crippen molar-refractivity contribution in [3.63, 3.8) is 0 Å². The zero-order valence-corrected chi connectivity index (χ0v) is 12.1. The van der Waals surface area contributed by atoms with E-state index >= 15 is 0 Å². The number of rotatable bonds is 4. The molecule has 0 radical (unpaired) electrons. The third kappa shape index (κ3) is 3.57. The minimum absolute atomic E-state index is 0.938. The van der Waals surface area contributed by atoms with Crippen LogP contribution in [0.25, 0.3) is 0 Å². The minimum Gasteiger partial charge on any atom is -0.308 e. The Kier molecular flexibility index (Phi) is 4.37. The van der Waals surface area contributed by atoms with Crippen LogP contribution in [-0.4, -0.2) is 0 Å². The van der Waals surface area contributed by atoms with Crippen molar-refractivity contribution >= 4 is 33.9 Å². The van der Waals surface area contributed by atoms with Gasteiger partial charge in [-0.2, -0.15) is 0 Å². The van der Waals surface area contributed by atoms with Gasteiger partial charge in [0.1, 0.15) is 0 Å². The average molecular weight is 343 g/mol. The molecule has 2 aromatic rings. The van der Waals surface area contributed by atoms with Crippen LogP contribution in [-0.2, 0) is 13.1 Å². The third-order valence-corrected chi connectivity index (χ3v) is 4.06. The molecule has 3 heteroatoms. The molecule has 0 amide bonds. The highest BCUT2D eigenvalue weighted by atomic mass is 127. The Morgan fingerprint density at radius 3 is 2.44 bits per heavy atom. The van der Waals surface area contributed by atoms with Gasteiger partial charge < -0.3 is 5.32 Å². The summed E-state index contributed by atoms with van der Waals surface area (Å²) < 4.78 is 1.29. The minimum atomic E-state index is 0.938. The van der Waals surface area contributed by atoms with Crippen molar-refractivity contribution in [3.8, 4) is 0 Å². The van der Waals surface area contributed by atoms with Crippen molar-refractivity contribution < 1.29 is 0 Å². The van der Waals surface area contributed by atoms with E-state index in [1.54, 1.807) is 0 Å². The van der Waals surface area contributed by atoms with Crippen LogP contribution in [0, 0.1) is 10.5 Å². The van der Waals surface area contributed by atoms with Crippen LogP contribution in [0.3, 0.4) is 0 Å². The highest BCUT2D eigenvalue weighted by molar-refractivity contribution is 14.1. The quantitative estimate of drug-likeness (QED) is 0.829. The predicted octanol–water partition coefficient (Wildman–Crippen LogP) is 3.95. The van der Waals surface area contributed by atoms with E-state index in [0.29, 0.717) is 0 Å². The summed E-state index contributed by atoms with van der Waals surface area (Å²) in [5.41, 5.74) is 1.34. The smallest absolute Gasteiger partial charge is 0.0303 e. The second-order valence-electron chi connectivity index (χ2n) is 3.74. The van der Waals surface area contributed by atoms with E-state index < -0.39 is 0 Å². The molecular formula is C13H14INS. The van der Waals surface area contributed by atoms with Gasteiger partial charge in [-0.05, 0) is 59.3 Å². The summed E-state index contributed by atoms with van der Waals surface area (Å²) in [6.07, 6.45) is 0. The molecule has 1 heterocycles. The van der Waals surface area contributed by atoms with Gasteiger partial charge in [0.25, 0.3) is 0 Å². The van der Waals surface area contributed by atoms with Gasteiger partial charge in [-0.3, -0.25) is 0 Å². The summed E-state index contributed by atoms with van der Waals surface area (Å²) >= 11 is 4.19. The van der Waals surface area contributed by atoms with E-state index in [4.69, 9.17) is 0 Å². The number of thiophene rings is 1. The lowest BCUT2D eigenvalue weighted by Crippen LogP contribution is -2.11. The van der Waals surface area contributed by atoms with Gasteiger partial charge in [-0.25, -0.2) is 0 Å². The molecule has 0 aliphatic carbocycles. The fourth-order valence-corrected chi connectivity index (χ4v) is 2.73. The molecule has 2 rings (SSSR count). The van der Waals surface area contributed by atoms with Gasteiger partial charge in [0, 0.05) is 26.4 Å². The first kappa shape index (κ1) is 12.1. The Bertz CT molecular complexity index is 447. The Morgan fingerprint density at radius 1 is 1.06 bits per heavy atom. The molecule has 0 spiro atoms. The molecule has 0 saturated heterocycles. The lowest BCUT2D eigenvalue weighted by atomic mass is 10.2. The van der Waals surface area contributed by atoms with Gasteiger partial charge in [0.05, 0.1) is 0 Å². The van der Waals surface area contributed by atoms with Crippen molar-refractivity contribution in [2.24, 2.45) is 0 Å². The number of hydrogen-bond acceptors (Lipinski definition) is 2. The Morgan fingerprint density at radius 2 is 1.81 bits per heavy atom. The molecular weight excluding hydrogens is 329 g/mol. The molecule has 0 fully saturated rings. The molecule has 0 aliphatic rings. The average Bonchev–Trinajstić information content (AvgIpc) is 2.67. The summed E-state index contributed by atoms with van der Waals surface area (Å²) in [6, 6.07) is 13.0. The first-order valence-corrected chi connectivity index (χ1v) is 7.14. The fourth-order valence-electron chi connectivity index (χ4n) is 1.51. The molecule has 0 atom stereocenters. The maximum absolute atomic E-state index is 3.46. The van der Waals surface area contributed by atoms with Crippen LogP contribution < -0.4 is 5.32 Å². The second-order valence-corrected chi connectivity index (χ2v) is 6.36. The van der Waals surface area contributed by atoms with Crippen LogP contribution in [0.2, 0.25) is 0 Å². The molecule has 0 aliphatic heterocycles. The predicted molar refractivity (Wildman–Crippen MR) is 78.8 cm³/mol. The maximum atomic E-state index is 3.46. The van der Waals surface area contributed by atoms with Crippen molar-refractivity contribution in [1.29, 1.82) is 0 Å². The SMILES string of the molecule is Cc1ccc(CNCc2ccc(I)cc2)s1.